The summed E-state index contributed by atoms with van der Waals surface area (Å²) in [4.78, 5) is 28.5. The van der Waals surface area contributed by atoms with Crippen molar-refractivity contribution in [2.45, 2.75) is 6.61 Å². The van der Waals surface area contributed by atoms with E-state index in [9.17, 15) is 19.3 Å². The summed E-state index contributed by atoms with van der Waals surface area (Å²) < 4.78 is 23.2. The smallest absolute Gasteiger partial charge is 0.340 e. The van der Waals surface area contributed by atoms with Gasteiger partial charge in [-0.15, -0.1) is 0 Å². The molecule has 0 bridgehead atoms. The minimum absolute atomic E-state index is 0.0430. The van der Waals surface area contributed by atoms with Crippen LogP contribution in [-0.2, 0) is 11.3 Å². The maximum Gasteiger partial charge on any atom is 0.340 e. The molecule has 0 unspecified atom stereocenters. The van der Waals surface area contributed by atoms with E-state index >= 15 is 0 Å². The molecule has 0 saturated carbocycles. The number of esters is 1. The number of benzene rings is 2. The molecular weight excluding hydrogens is 371 g/mol. The second-order valence-corrected chi connectivity index (χ2v) is 5.95. The van der Waals surface area contributed by atoms with Gasteiger partial charge >= 0.3 is 5.97 Å². The van der Waals surface area contributed by atoms with Crippen LogP contribution in [0.15, 0.2) is 47.0 Å². The van der Waals surface area contributed by atoms with Crippen LogP contribution >= 0.6 is 0 Å². The van der Waals surface area contributed by atoms with Gasteiger partial charge < -0.3 is 14.2 Å². The van der Waals surface area contributed by atoms with Gasteiger partial charge in [-0.3, -0.25) is 10.1 Å². The highest BCUT2D eigenvalue weighted by atomic mass is 19.1. The molecule has 0 saturated heterocycles. The molecule has 0 aliphatic heterocycles. The van der Waals surface area contributed by atoms with Crippen molar-refractivity contribution in [1.82, 2.24) is 10.1 Å². The number of hydrogen-bond acceptors (Lipinski definition) is 8. The fraction of sp³-hybridized carbons (Fsp3) is 0.167. The highest BCUT2D eigenvalue weighted by molar-refractivity contribution is 5.96. The van der Waals surface area contributed by atoms with Crippen molar-refractivity contribution in [3.8, 4) is 11.5 Å². The zero-order valence-electron chi connectivity index (χ0n) is 15.0. The number of rotatable bonds is 6. The molecule has 0 amide bonds. The Balaban J connectivity index is 1.75. The fourth-order valence-electron chi connectivity index (χ4n) is 2.42. The number of carbonyl (C=O) groups excluding carboxylic acids is 1. The van der Waals surface area contributed by atoms with E-state index < -0.39 is 16.7 Å². The van der Waals surface area contributed by atoms with Gasteiger partial charge in [0.15, 0.2) is 6.61 Å². The highest BCUT2D eigenvalue weighted by Crippen LogP contribution is 2.25. The minimum Gasteiger partial charge on any atom is -0.454 e. The monoisotopic (exact) mass is 386 g/mol. The largest absolute Gasteiger partial charge is 0.454 e. The zero-order valence-corrected chi connectivity index (χ0v) is 15.0. The topological polar surface area (TPSA) is 112 Å². The summed E-state index contributed by atoms with van der Waals surface area (Å²) in [6, 6.07) is 9.39. The Labute approximate surface area is 158 Å². The van der Waals surface area contributed by atoms with Crippen molar-refractivity contribution in [3.05, 3.63) is 69.8 Å². The number of halogens is 1. The van der Waals surface area contributed by atoms with Crippen molar-refractivity contribution >= 4 is 17.3 Å². The van der Waals surface area contributed by atoms with Crippen LogP contribution < -0.4 is 4.90 Å². The molecule has 28 heavy (non-hydrogen) atoms. The molecule has 3 rings (SSSR count). The summed E-state index contributed by atoms with van der Waals surface area (Å²) >= 11 is 0. The lowest BCUT2D eigenvalue weighted by Crippen LogP contribution is -2.16. The molecule has 1 heterocycles. The van der Waals surface area contributed by atoms with Crippen molar-refractivity contribution < 1.29 is 23.4 Å². The molecule has 0 N–H and O–H groups in total. The van der Waals surface area contributed by atoms with E-state index in [1.807, 2.05) is 0 Å². The van der Waals surface area contributed by atoms with Crippen LogP contribution in [0, 0.1) is 15.9 Å². The van der Waals surface area contributed by atoms with Gasteiger partial charge in [0.1, 0.15) is 5.82 Å². The van der Waals surface area contributed by atoms with Crippen LogP contribution in [-0.4, -0.2) is 35.1 Å². The average molecular weight is 386 g/mol. The van der Waals surface area contributed by atoms with Crippen molar-refractivity contribution in [1.29, 1.82) is 0 Å². The number of carbonyl (C=O) groups is 1. The van der Waals surface area contributed by atoms with E-state index in [2.05, 4.69) is 10.1 Å². The Kier molecular flexibility index (Phi) is 5.30. The number of hydrogen-bond donors (Lipinski definition) is 0. The average Bonchev–Trinajstić information content (AvgIpc) is 3.15. The summed E-state index contributed by atoms with van der Waals surface area (Å²) in [5, 5.41) is 14.7. The summed E-state index contributed by atoms with van der Waals surface area (Å²) in [5.41, 5.74) is 0.799. The molecular formula is C18H15FN4O5. The molecule has 10 heteroatoms. The number of nitrogens with zero attached hydrogens (tertiary/aromatic N) is 4. The van der Waals surface area contributed by atoms with Gasteiger partial charge in [0.05, 0.1) is 16.2 Å². The van der Waals surface area contributed by atoms with Crippen LogP contribution in [0.2, 0.25) is 0 Å². The minimum atomic E-state index is -0.763. The highest BCUT2D eigenvalue weighted by Gasteiger charge is 2.20. The molecule has 0 radical (unpaired) electrons. The van der Waals surface area contributed by atoms with Crippen LogP contribution in [0.5, 0.6) is 0 Å². The molecule has 0 aliphatic rings. The van der Waals surface area contributed by atoms with E-state index in [-0.39, 0.29) is 29.6 Å². The second kappa shape index (κ2) is 7.82. The number of nitro benzene ring substituents is 1. The van der Waals surface area contributed by atoms with Gasteiger partial charge in [-0.1, -0.05) is 5.16 Å². The third-order valence-corrected chi connectivity index (χ3v) is 3.78. The molecule has 0 fully saturated rings. The van der Waals surface area contributed by atoms with Crippen molar-refractivity contribution in [2.75, 3.05) is 19.0 Å². The molecule has 3 aromatic rings. The Morgan fingerprint density at radius 2 is 1.96 bits per heavy atom. The number of non-ortho nitro benzene ring substituents is 1. The third kappa shape index (κ3) is 4.11. The first-order valence-electron chi connectivity index (χ1n) is 8.06. The molecule has 1 aromatic heterocycles. The van der Waals surface area contributed by atoms with Gasteiger partial charge in [0, 0.05) is 31.8 Å². The van der Waals surface area contributed by atoms with Crippen LogP contribution in [0.25, 0.3) is 11.5 Å². The molecule has 2 aromatic carbocycles. The van der Waals surface area contributed by atoms with E-state index in [1.165, 1.54) is 36.4 Å². The van der Waals surface area contributed by atoms with E-state index in [0.29, 0.717) is 11.3 Å². The standard InChI is InChI=1S/C18H15FN4O5/c1-22(2)15-8-7-13(23(25)26)9-14(15)18(24)27-10-16-20-17(28-21-16)11-3-5-12(19)6-4-11/h3-9H,10H2,1-2H3. The molecule has 0 aliphatic carbocycles. The van der Waals surface area contributed by atoms with E-state index in [1.54, 1.807) is 19.0 Å². The van der Waals surface area contributed by atoms with Crippen molar-refractivity contribution in [2.24, 2.45) is 0 Å². The maximum atomic E-state index is 13.0. The number of ether oxygens (including phenoxy) is 1. The predicted molar refractivity (Wildman–Crippen MR) is 96.2 cm³/mol. The zero-order chi connectivity index (χ0) is 20.3. The summed E-state index contributed by atoms with van der Waals surface area (Å²) in [5.74, 6) is -0.911. The third-order valence-electron chi connectivity index (χ3n) is 3.78. The van der Waals surface area contributed by atoms with E-state index in [0.717, 1.165) is 6.07 Å². The molecule has 9 nitrogen and oxygen atoms in total. The van der Waals surface area contributed by atoms with Gasteiger partial charge in [0.25, 0.3) is 11.6 Å². The van der Waals surface area contributed by atoms with Crippen LogP contribution in [0.3, 0.4) is 0 Å². The lowest BCUT2D eigenvalue weighted by Gasteiger charge is -2.16. The van der Waals surface area contributed by atoms with Crippen LogP contribution in [0.1, 0.15) is 16.2 Å². The van der Waals surface area contributed by atoms with Gasteiger partial charge in [-0.05, 0) is 30.3 Å². The predicted octanol–water partition coefficient (Wildman–Crippen LogP) is 3.21. The number of aromatic nitrogens is 2. The first-order chi connectivity index (χ1) is 13.3. The number of anilines is 1. The van der Waals surface area contributed by atoms with Crippen LogP contribution in [0.4, 0.5) is 15.8 Å². The first kappa shape index (κ1) is 19.0. The molecule has 0 atom stereocenters. The SMILES string of the molecule is CN(C)c1ccc([N+](=O)[O-])cc1C(=O)OCc1noc(-c2ccc(F)cc2)n1. The lowest BCUT2D eigenvalue weighted by molar-refractivity contribution is -0.384. The summed E-state index contributed by atoms with van der Waals surface area (Å²) in [7, 11) is 3.40. The maximum absolute atomic E-state index is 13.0. The molecule has 144 valence electrons. The van der Waals surface area contributed by atoms with Crippen molar-refractivity contribution in [3.63, 3.8) is 0 Å². The lowest BCUT2D eigenvalue weighted by atomic mass is 10.1. The number of nitro groups is 1. The summed E-state index contributed by atoms with van der Waals surface area (Å²) in [6.07, 6.45) is 0. The fourth-order valence-corrected chi connectivity index (χ4v) is 2.42. The normalized spacial score (nSPS) is 10.5. The van der Waals surface area contributed by atoms with Gasteiger partial charge in [0.2, 0.25) is 5.82 Å². The Morgan fingerprint density at radius 3 is 2.61 bits per heavy atom. The Bertz CT molecular complexity index is 1020. The Hall–Kier alpha value is -3.82. The first-order valence-corrected chi connectivity index (χ1v) is 8.06. The van der Waals surface area contributed by atoms with E-state index in [4.69, 9.17) is 9.26 Å². The van der Waals surface area contributed by atoms with Gasteiger partial charge in [-0.25, -0.2) is 9.18 Å². The summed E-state index contributed by atoms with van der Waals surface area (Å²) in [6.45, 7) is -0.293. The molecule has 0 spiro atoms. The van der Waals surface area contributed by atoms with Gasteiger partial charge in [-0.2, -0.15) is 4.98 Å². The Morgan fingerprint density at radius 1 is 1.25 bits per heavy atom. The quantitative estimate of drug-likeness (QED) is 0.361. The second-order valence-electron chi connectivity index (χ2n) is 5.95.